The number of likely N-dealkylation sites (N-methyl/N-ethyl adjacent to an activating group) is 1. The van der Waals surface area contributed by atoms with E-state index in [0.717, 1.165) is 5.56 Å². The minimum absolute atomic E-state index is 0.0771. The van der Waals surface area contributed by atoms with Crippen LogP contribution >= 0.6 is 0 Å². The molecule has 0 fully saturated rings. The van der Waals surface area contributed by atoms with Crippen LogP contribution in [0.2, 0.25) is 0 Å². The molecule has 6 nitrogen and oxygen atoms in total. The average molecular weight is 293 g/mol. The van der Waals surface area contributed by atoms with E-state index in [1.165, 1.54) is 4.90 Å². The Morgan fingerprint density at radius 2 is 2.10 bits per heavy atom. The van der Waals surface area contributed by atoms with Gasteiger partial charge in [0.05, 0.1) is 6.61 Å². The van der Waals surface area contributed by atoms with Gasteiger partial charge in [-0.25, -0.2) is 4.79 Å². The van der Waals surface area contributed by atoms with Crippen LogP contribution in [0.15, 0.2) is 24.3 Å². The van der Waals surface area contributed by atoms with E-state index >= 15 is 0 Å². The standard InChI is InChI=1S/C15H23N3O3/c1-5-21-14(19)10-18(4)15(20)17-13-8-6-7-12(9-13)11(2)16-3/h6-9,11,16H,5,10H2,1-4H3,(H,17,20). The Morgan fingerprint density at radius 3 is 2.71 bits per heavy atom. The molecular formula is C15H23N3O3. The number of anilines is 1. The van der Waals surface area contributed by atoms with Crippen molar-refractivity contribution in [1.82, 2.24) is 10.2 Å². The molecule has 0 aliphatic rings. The molecular weight excluding hydrogens is 270 g/mol. The summed E-state index contributed by atoms with van der Waals surface area (Å²) in [5, 5.41) is 5.90. The van der Waals surface area contributed by atoms with Gasteiger partial charge in [0.2, 0.25) is 0 Å². The number of amides is 2. The van der Waals surface area contributed by atoms with Crippen molar-refractivity contribution in [1.29, 1.82) is 0 Å². The molecule has 0 bridgehead atoms. The topological polar surface area (TPSA) is 70.7 Å². The summed E-state index contributed by atoms with van der Waals surface area (Å²) < 4.78 is 4.81. The Labute approximate surface area is 125 Å². The summed E-state index contributed by atoms with van der Waals surface area (Å²) in [5.41, 5.74) is 1.76. The third-order valence-electron chi connectivity index (χ3n) is 3.09. The van der Waals surface area contributed by atoms with Crippen LogP contribution in [0.3, 0.4) is 0 Å². The third-order valence-corrected chi connectivity index (χ3v) is 3.09. The normalized spacial score (nSPS) is 11.6. The van der Waals surface area contributed by atoms with Crippen LogP contribution in [0.5, 0.6) is 0 Å². The van der Waals surface area contributed by atoms with Crippen molar-refractivity contribution in [2.45, 2.75) is 19.9 Å². The second kappa shape index (κ2) is 8.26. The van der Waals surface area contributed by atoms with E-state index < -0.39 is 5.97 Å². The van der Waals surface area contributed by atoms with E-state index in [-0.39, 0.29) is 18.6 Å². The summed E-state index contributed by atoms with van der Waals surface area (Å²) in [5.74, 6) is -0.423. The molecule has 0 aliphatic heterocycles. The fraction of sp³-hybridized carbons (Fsp3) is 0.467. The molecule has 0 aliphatic carbocycles. The van der Waals surface area contributed by atoms with Crippen LogP contribution < -0.4 is 10.6 Å². The number of nitrogens with zero attached hydrogens (tertiary/aromatic N) is 1. The number of carbonyl (C=O) groups excluding carboxylic acids is 2. The fourth-order valence-electron chi connectivity index (χ4n) is 1.74. The first-order chi connectivity index (χ1) is 9.97. The predicted molar refractivity (Wildman–Crippen MR) is 82.2 cm³/mol. The second-order valence-electron chi connectivity index (χ2n) is 4.73. The quantitative estimate of drug-likeness (QED) is 0.787. The molecule has 0 aromatic heterocycles. The molecule has 0 saturated carbocycles. The molecule has 0 spiro atoms. The summed E-state index contributed by atoms with van der Waals surface area (Å²) in [7, 11) is 3.43. The van der Waals surface area contributed by atoms with E-state index in [4.69, 9.17) is 4.74 Å². The van der Waals surface area contributed by atoms with E-state index in [1.807, 2.05) is 38.2 Å². The number of carbonyl (C=O) groups is 2. The number of benzene rings is 1. The lowest BCUT2D eigenvalue weighted by Gasteiger charge is -2.18. The monoisotopic (exact) mass is 293 g/mol. The van der Waals surface area contributed by atoms with Gasteiger partial charge in [-0.1, -0.05) is 12.1 Å². The van der Waals surface area contributed by atoms with Gasteiger partial charge in [0, 0.05) is 18.8 Å². The lowest BCUT2D eigenvalue weighted by atomic mass is 10.1. The highest BCUT2D eigenvalue weighted by atomic mass is 16.5. The Kier molecular flexibility index (Phi) is 6.68. The summed E-state index contributed by atoms with van der Waals surface area (Å²) in [6.45, 7) is 3.99. The minimum atomic E-state index is -0.423. The number of ether oxygens (including phenoxy) is 1. The molecule has 1 rings (SSSR count). The van der Waals surface area contributed by atoms with Crippen molar-refractivity contribution in [3.05, 3.63) is 29.8 Å². The summed E-state index contributed by atoms with van der Waals surface area (Å²) in [6.07, 6.45) is 0. The Hall–Kier alpha value is -2.08. The van der Waals surface area contributed by atoms with Gasteiger partial charge in [-0.2, -0.15) is 0 Å². The summed E-state index contributed by atoms with van der Waals surface area (Å²) >= 11 is 0. The predicted octanol–water partition coefficient (Wildman–Crippen LogP) is 1.99. The van der Waals surface area contributed by atoms with Gasteiger partial charge < -0.3 is 20.3 Å². The van der Waals surface area contributed by atoms with Crippen LogP contribution in [-0.4, -0.2) is 44.1 Å². The van der Waals surface area contributed by atoms with E-state index in [1.54, 1.807) is 14.0 Å². The number of rotatable bonds is 6. The molecule has 0 radical (unpaired) electrons. The van der Waals surface area contributed by atoms with E-state index in [9.17, 15) is 9.59 Å². The molecule has 1 atom stereocenters. The SMILES string of the molecule is CCOC(=O)CN(C)C(=O)Nc1cccc(C(C)NC)c1. The minimum Gasteiger partial charge on any atom is -0.465 e. The molecule has 1 aromatic rings. The van der Waals surface area contributed by atoms with Gasteiger partial charge in [0.15, 0.2) is 0 Å². The molecule has 1 unspecified atom stereocenters. The van der Waals surface area contributed by atoms with Gasteiger partial charge in [0.25, 0.3) is 0 Å². The summed E-state index contributed by atoms with van der Waals surface area (Å²) in [4.78, 5) is 24.6. The largest absolute Gasteiger partial charge is 0.465 e. The first kappa shape index (κ1) is 17.0. The summed E-state index contributed by atoms with van der Waals surface area (Å²) in [6, 6.07) is 7.42. The van der Waals surface area contributed by atoms with Gasteiger partial charge in [0.1, 0.15) is 6.54 Å². The maximum atomic E-state index is 12.0. The molecule has 21 heavy (non-hydrogen) atoms. The molecule has 2 amide bonds. The number of nitrogens with one attached hydrogen (secondary N) is 2. The van der Waals surface area contributed by atoms with Crippen LogP contribution in [0.1, 0.15) is 25.5 Å². The Bertz CT molecular complexity index is 491. The highest BCUT2D eigenvalue weighted by Gasteiger charge is 2.14. The van der Waals surface area contributed by atoms with Crippen molar-refractivity contribution < 1.29 is 14.3 Å². The molecule has 116 valence electrons. The molecule has 6 heteroatoms. The van der Waals surface area contributed by atoms with Crippen LogP contribution in [0.25, 0.3) is 0 Å². The molecule has 1 aromatic carbocycles. The van der Waals surface area contributed by atoms with Gasteiger partial charge >= 0.3 is 12.0 Å². The number of esters is 1. The number of urea groups is 1. The third kappa shape index (κ3) is 5.43. The first-order valence-electron chi connectivity index (χ1n) is 6.92. The van der Waals surface area contributed by atoms with Gasteiger partial charge in [-0.05, 0) is 38.6 Å². The first-order valence-corrected chi connectivity index (χ1v) is 6.92. The average Bonchev–Trinajstić information content (AvgIpc) is 2.46. The van der Waals surface area contributed by atoms with Crippen molar-refractivity contribution in [3.8, 4) is 0 Å². The second-order valence-corrected chi connectivity index (χ2v) is 4.73. The fourth-order valence-corrected chi connectivity index (χ4v) is 1.74. The maximum absolute atomic E-state index is 12.0. The van der Waals surface area contributed by atoms with Crippen molar-refractivity contribution in [2.75, 3.05) is 32.6 Å². The van der Waals surface area contributed by atoms with Crippen molar-refractivity contribution in [3.63, 3.8) is 0 Å². The highest BCUT2D eigenvalue weighted by molar-refractivity contribution is 5.91. The lowest BCUT2D eigenvalue weighted by molar-refractivity contribution is -0.143. The Morgan fingerprint density at radius 1 is 1.38 bits per heavy atom. The van der Waals surface area contributed by atoms with Gasteiger partial charge in [-0.15, -0.1) is 0 Å². The maximum Gasteiger partial charge on any atom is 0.325 e. The zero-order valence-corrected chi connectivity index (χ0v) is 13.0. The van der Waals surface area contributed by atoms with E-state index in [2.05, 4.69) is 10.6 Å². The van der Waals surface area contributed by atoms with E-state index in [0.29, 0.717) is 12.3 Å². The zero-order valence-electron chi connectivity index (χ0n) is 13.0. The number of hydrogen-bond donors (Lipinski definition) is 2. The van der Waals surface area contributed by atoms with Gasteiger partial charge in [-0.3, -0.25) is 4.79 Å². The molecule has 0 heterocycles. The van der Waals surface area contributed by atoms with Crippen LogP contribution in [0, 0.1) is 0 Å². The lowest BCUT2D eigenvalue weighted by Crippen LogP contribution is -2.36. The smallest absolute Gasteiger partial charge is 0.325 e. The Balaban J connectivity index is 2.64. The van der Waals surface area contributed by atoms with Crippen molar-refractivity contribution >= 4 is 17.7 Å². The van der Waals surface area contributed by atoms with Crippen LogP contribution in [-0.2, 0) is 9.53 Å². The number of hydrogen-bond acceptors (Lipinski definition) is 4. The molecule has 2 N–H and O–H groups in total. The zero-order chi connectivity index (χ0) is 15.8. The highest BCUT2D eigenvalue weighted by Crippen LogP contribution is 2.17. The van der Waals surface area contributed by atoms with Crippen molar-refractivity contribution in [2.24, 2.45) is 0 Å². The van der Waals surface area contributed by atoms with Crippen LogP contribution in [0.4, 0.5) is 10.5 Å². The molecule has 0 saturated heterocycles.